The minimum Gasteiger partial charge on any atom is -0.474 e. The molecule has 2 amide bonds. The first-order chi connectivity index (χ1) is 16.7. The number of halogens is 3. The normalized spacial score (nSPS) is 15.0. The number of nitrogens with zero attached hydrogens (tertiary/aromatic N) is 4. The molecular formula is C22H22F3N7O3. The molecule has 184 valence electrons. The summed E-state index contributed by atoms with van der Waals surface area (Å²) in [5, 5.41) is 11.3. The first-order valence-electron chi connectivity index (χ1n) is 10.7. The van der Waals surface area contributed by atoms with Crippen molar-refractivity contribution >= 4 is 23.2 Å². The summed E-state index contributed by atoms with van der Waals surface area (Å²) in [7, 11) is 2.06. The Morgan fingerprint density at radius 1 is 1.11 bits per heavy atom. The van der Waals surface area contributed by atoms with E-state index in [1.54, 1.807) is 12.1 Å². The predicted molar refractivity (Wildman–Crippen MR) is 119 cm³/mol. The molecule has 0 unspecified atom stereocenters. The van der Waals surface area contributed by atoms with Crippen molar-refractivity contribution in [2.45, 2.75) is 25.1 Å². The molecule has 0 bridgehead atoms. The average Bonchev–Trinajstić information content (AvgIpc) is 3.29. The van der Waals surface area contributed by atoms with Gasteiger partial charge in [-0.2, -0.15) is 18.3 Å². The van der Waals surface area contributed by atoms with E-state index in [2.05, 4.69) is 42.7 Å². The van der Waals surface area contributed by atoms with Crippen LogP contribution in [-0.4, -0.2) is 63.1 Å². The number of hydrogen-bond acceptors (Lipinski definition) is 7. The number of aromatic amines is 1. The van der Waals surface area contributed by atoms with E-state index < -0.39 is 23.6 Å². The smallest absolute Gasteiger partial charge is 0.417 e. The molecule has 1 aliphatic rings. The third-order valence-electron chi connectivity index (χ3n) is 5.38. The molecule has 10 nitrogen and oxygen atoms in total. The summed E-state index contributed by atoms with van der Waals surface area (Å²) in [6.07, 6.45) is 1.53. The fourth-order valence-corrected chi connectivity index (χ4v) is 3.46. The zero-order valence-corrected chi connectivity index (χ0v) is 18.6. The van der Waals surface area contributed by atoms with Gasteiger partial charge < -0.3 is 20.3 Å². The predicted octanol–water partition coefficient (Wildman–Crippen LogP) is 3.20. The van der Waals surface area contributed by atoms with E-state index in [1.807, 2.05) is 0 Å². The second kappa shape index (κ2) is 10.1. The Morgan fingerprint density at radius 3 is 2.57 bits per heavy atom. The van der Waals surface area contributed by atoms with Gasteiger partial charge in [0.05, 0.1) is 28.7 Å². The van der Waals surface area contributed by atoms with Crippen molar-refractivity contribution in [3.63, 3.8) is 0 Å². The summed E-state index contributed by atoms with van der Waals surface area (Å²) in [6, 6.07) is 3.93. The summed E-state index contributed by atoms with van der Waals surface area (Å²) in [5.74, 6) is -1.09. The molecule has 3 aromatic heterocycles. The summed E-state index contributed by atoms with van der Waals surface area (Å²) in [6.45, 7) is 1.90. The van der Waals surface area contributed by atoms with Crippen LogP contribution in [0.5, 0.6) is 5.88 Å². The molecule has 0 spiro atoms. The maximum Gasteiger partial charge on any atom is 0.417 e. The second-order valence-electron chi connectivity index (χ2n) is 8.02. The van der Waals surface area contributed by atoms with Gasteiger partial charge in [-0.05, 0) is 32.0 Å². The SMILES string of the molecule is CN1CCC(Oc2ccc(NC(=O)c3n[nH]cc3NC(=O)c3cncc(C(F)(F)F)c3)cn2)CC1. The van der Waals surface area contributed by atoms with Crippen molar-refractivity contribution in [2.75, 3.05) is 30.8 Å². The molecule has 13 heteroatoms. The number of nitrogens with one attached hydrogen (secondary N) is 3. The lowest BCUT2D eigenvalue weighted by molar-refractivity contribution is -0.137. The quantitative estimate of drug-likeness (QED) is 0.486. The highest BCUT2D eigenvalue weighted by molar-refractivity contribution is 6.11. The van der Waals surface area contributed by atoms with E-state index in [9.17, 15) is 22.8 Å². The van der Waals surface area contributed by atoms with Crippen LogP contribution < -0.4 is 15.4 Å². The average molecular weight is 489 g/mol. The van der Waals surface area contributed by atoms with Gasteiger partial charge in [0.15, 0.2) is 5.69 Å². The number of aromatic nitrogens is 4. The number of ether oxygens (including phenoxy) is 1. The van der Waals surface area contributed by atoms with Crippen molar-refractivity contribution in [1.82, 2.24) is 25.1 Å². The number of anilines is 2. The van der Waals surface area contributed by atoms with Gasteiger partial charge in [-0.25, -0.2) is 4.98 Å². The van der Waals surface area contributed by atoms with Crippen molar-refractivity contribution in [2.24, 2.45) is 0 Å². The number of carbonyl (C=O) groups is 2. The van der Waals surface area contributed by atoms with Crippen LogP contribution in [0, 0.1) is 0 Å². The van der Waals surface area contributed by atoms with E-state index in [0.717, 1.165) is 32.1 Å². The lowest BCUT2D eigenvalue weighted by atomic mass is 10.1. The summed E-state index contributed by atoms with van der Waals surface area (Å²) < 4.78 is 44.5. The fraction of sp³-hybridized carbons (Fsp3) is 0.318. The summed E-state index contributed by atoms with van der Waals surface area (Å²) in [4.78, 5) is 35.0. The molecule has 1 fully saturated rings. The van der Waals surface area contributed by atoms with Gasteiger partial charge in [-0.3, -0.25) is 19.7 Å². The molecule has 0 aromatic carbocycles. The first-order valence-corrected chi connectivity index (χ1v) is 10.7. The molecular weight excluding hydrogens is 467 g/mol. The maximum absolute atomic E-state index is 12.9. The number of amides is 2. The van der Waals surface area contributed by atoms with E-state index in [-0.39, 0.29) is 23.0 Å². The Labute approximate surface area is 197 Å². The monoisotopic (exact) mass is 489 g/mol. The van der Waals surface area contributed by atoms with Crippen LogP contribution in [0.1, 0.15) is 39.3 Å². The van der Waals surface area contributed by atoms with Gasteiger partial charge in [-0.1, -0.05) is 0 Å². The Morgan fingerprint density at radius 2 is 1.89 bits per heavy atom. The standard InChI is InChI=1S/C22H22F3N7O3/c1-32-6-4-16(5-7-32)35-18-3-2-15(11-27-18)29-21(34)19-17(12-28-31-19)30-20(33)13-8-14(10-26-9-13)22(23,24)25/h2-3,8-12,16H,4-7H2,1H3,(H,28,31)(H,29,34)(H,30,33). The third-order valence-corrected chi connectivity index (χ3v) is 5.38. The Bertz CT molecular complexity index is 1190. The first kappa shape index (κ1) is 24.1. The topological polar surface area (TPSA) is 125 Å². The molecule has 1 aliphatic heterocycles. The molecule has 0 radical (unpaired) electrons. The number of likely N-dealkylation sites (tertiary alicyclic amines) is 1. The molecule has 0 aliphatic carbocycles. The zero-order valence-electron chi connectivity index (χ0n) is 18.6. The largest absolute Gasteiger partial charge is 0.474 e. The maximum atomic E-state index is 12.9. The lowest BCUT2D eigenvalue weighted by Gasteiger charge is -2.28. The minimum atomic E-state index is -4.65. The van der Waals surface area contributed by atoms with Gasteiger partial charge in [-0.15, -0.1) is 0 Å². The molecule has 1 saturated heterocycles. The van der Waals surface area contributed by atoms with Crippen LogP contribution in [0.3, 0.4) is 0 Å². The highest BCUT2D eigenvalue weighted by Crippen LogP contribution is 2.29. The number of H-pyrrole nitrogens is 1. The van der Waals surface area contributed by atoms with Gasteiger partial charge in [0.25, 0.3) is 11.8 Å². The molecule has 4 rings (SSSR count). The van der Waals surface area contributed by atoms with E-state index in [0.29, 0.717) is 23.8 Å². The van der Waals surface area contributed by atoms with Gasteiger partial charge in [0.1, 0.15) is 6.10 Å². The van der Waals surface area contributed by atoms with Gasteiger partial charge >= 0.3 is 6.18 Å². The molecule has 0 atom stereocenters. The van der Waals surface area contributed by atoms with Crippen LogP contribution in [0.2, 0.25) is 0 Å². The van der Waals surface area contributed by atoms with Crippen molar-refractivity contribution in [3.05, 3.63) is 59.8 Å². The highest BCUT2D eigenvalue weighted by atomic mass is 19.4. The Hall–Kier alpha value is -4.00. The highest BCUT2D eigenvalue weighted by Gasteiger charge is 2.31. The van der Waals surface area contributed by atoms with Crippen molar-refractivity contribution in [1.29, 1.82) is 0 Å². The molecule has 3 aromatic rings. The number of carbonyl (C=O) groups excluding carboxylic acids is 2. The summed E-state index contributed by atoms with van der Waals surface area (Å²) >= 11 is 0. The van der Waals surface area contributed by atoms with E-state index >= 15 is 0 Å². The minimum absolute atomic E-state index is 0.0138. The Balaban J connectivity index is 1.37. The third kappa shape index (κ3) is 6.12. The number of piperidine rings is 1. The number of rotatable bonds is 6. The fourth-order valence-electron chi connectivity index (χ4n) is 3.46. The Kier molecular flexibility index (Phi) is 6.96. The second-order valence-corrected chi connectivity index (χ2v) is 8.02. The molecule has 3 N–H and O–H groups in total. The lowest BCUT2D eigenvalue weighted by Crippen LogP contribution is -2.35. The zero-order chi connectivity index (χ0) is 25.0. The van der Waals surface area contributed by atoms with Crippen molar-refractivity contribution < 1.29 is 27.5 Å². The molecule has 0 saturated carbocycles. The van der Waals surface area contributed by atoms with Crippen LogP contribution in [0.15, 0.2) is 43.0 Å². The van der Waals surface area contributed by atoms with Crippen LogP contribution in [-0.2, 0) is 6.18 Å². The van der Waals surface area contributed by atoms with Gasteiger partial charge in [0.2, 0.25) is 5.88 Å². The van der Waals surface area contributed by atoms with Crippen LogP contribution >= 0.6 is 0 Å². The van der Waals surface area contributed by atoms with Gasteiger partial charge in [0, 0.05) is 37.7 Å². The van der Waals surface area contributed by atoms with Crippen LogP contribution in [0.25, 0.3) is 0 Å². The molecule has 35 heavy (non-hydrogen) atoms. The van der Waals surface area contributed by atoms with Crippen LogP contribution in [0.4, 0.5) is 24.5 Å². The number of pyridine rings is 2. The number of hydrogen-bond donors (Lipinski definition) is 3. The van der Waals surface area contributed by atoms with E-state index in [4.69, 9.17) is 4.74 Å². The van der Waals surface area contributed by atoms with Crippen molar-refractivity contribution in [3.8, 4) is 5.88 Å². The molecule has 4 heterocycles. The van der Waals surface area contributed by atoms with E-state index in [1.165, 1.54) is 12.4 Å². The number of alkyl halides is 3. The summed E-state index contributed by atoms with van der Waals surface area (Å²) in [5.41, 5.74) is -1.19.